The van der Waals surface area contributed by atoms with Gasteiger partial charge in [-0.15, -0.1) is 12.4 Å². The molecule has 0 saturated carbocycles. The number of carbonyl (C=O) groups is 1. The number of ketones is 1. The zero-order chi connectivity index (χ0) is 14.8. The van der Waals surface area contributed by atoms with Crippen molar-refractivity contribution in [1.29, 1.82) is 0 Å². The van der Waals surface area contributed by atoms with Gasteiger partial charge in [-0.25, -0.2) is 4.39 Å². The van der Waals surface area contributed by atoms with E-state index in [1.807, 2.05) is 0 Å². The number of rotatable bonds is 3. The molecule has 2 rings (SSSR count). The van der Waals surface area contributed by atoms with E-state index in [4.69, 9.17) is 0 Å². The van der Waals surface area contributed by atoms with Gasteiger partial charge >= 0.3 is 6.18 Å². The smallest absolute Gasteiger partial charge is 0.307 e. The molecule has 1 fully saturated rings. The molecule has 1 atom stereocenters. The third kappa shape index (κ3) is 4.68. The van der Waals surface area contributed by atoms with E-state index >= 15 is 0 Å². The normalized spacial score (nSPS) is 19.0. The minimum absolute atomic E-state index is 0. The molecule has 0 radical (unpaired) electrons. The fourth-order valence-corrected chi connectivity index (χ4v) is 2.35. The summed E-state index contributed by atoms with van der Waals surface area (Å²) >= 11 is 0. The van der Waals surface area contributed by atoms with Crippen LogP contribution in [0.4, 0.5) is 17.6 Å². The van der Waals surface area contributed by atoms with Gasteiger partial charge in [0.1, 0.15) is 5.82 Å². The highest BCUT2D eigenvalue weighted by atomic mass is 35.5. The number of nitrogens with one attached hydrogen (secondary N) is 1. The van der Waals surface area contributed by atoms with Gasteiger partial charge in [-0.2, -0.15) is 13.2 Å². The van der Waals surface area contributed by atoms with Crippen molar-refractivity contribution < 1.29 is 22.4 Å². The molecule has 1 aromatic carbocycles. The van der Waals surface area contributed by atoms with Crippen LogP contribution in [0, 0.1) is 5.82 Å². The van der Waals surface area contributed by atoms with E-state index in [9.17, 15) is 22.4 Å². The molecule has 1 aromatic rings. The Morgan fingerprint density at radius 2 is 2.00 bits per heavy atom. The Bertz CT molecular complexity index is 498. The first kappa shape index (κ1) is 17.9. The van der Waals surface area contributed by atoms with Gasteiger partial charge in [-0.05, 0) is 37.1 Å². The summed E-state index contributed by atoms with van der Waals surface area (Å²) in [6.45, 7) is 0.762. The van der Waals surface area contributed by atoms with Gasteiger partial charge in [0.15, 0.2) is 5.78 Å². The van der Waals surface area contributed by atoms with E-state index in [1.165, 1.54) is 0 Å². The summed E-state index contributed by atoms with van der Waals surface area (Å²) in [5, 5.41) is 3.07. The minimum Gasteiger partial charge on any atom is -0.307 e. The quantitative estimate of drug-likeness (QED) is 0.862. The van der Waals surface area contributed by atoms with Gasteiger partial charge in [0.05, 0.1) is 11.6 Å². The molecule has 118 valence electrons. The molecule has 1 saturated heterocycles. The lowest BCUT2D eigenvalue weighted by atomic mass is 9.96. The molecule has 7 heteroatoms. The maximum absolute atomic E-state index is 13.4. The lowest BCUT2D eigenvalue weighted by molar-refractivity contribution is -0.140. The highest BCUT2D eigenvalue weighted by Crippen LogP contribution is 2.31. The lowest BCUT2D eigenvalue weighted by Crippen LogP contribution is -2.41. The number of benzene rings is 1. The molecule has 0 unspecified atom stereocenters. The van der Waals surface area contributed by atoms with Crippen LogP contribution >= 0.6 is 12.4 Å². The van der Waals surface area contributed by atoms with E-state index in [-0.39, 0.29) is 36.2 Å². The maximum Gasteiger partial charge on any atom is 0.419 e. The third-order valence-corrected chi connectivity index (χ3v) is 3.42. The average molecular weight is 326 g/mol. The predicted octanol–water partition coefficient (Wildman–Crippen LogP) is 3.52. The lowest BCUT2D eigenvalue weighted by Gasteiger charge is -2.22. The summed E-state index contributed by atoms with van der Waals surface area (Å²) < 4.78 is 50.6. The number of carbonyl (C=O) groups excluding carboxylic acids is 1. The standard InChI is InChI=1S/C14H15F4NO.ClH/c15-11-7-9(4-5-10(11)14(16,17)18)8-13(20)12-3-1-2-6-19-12;/h4-5,7,12,19H,1-3,6,8H2;1H/t12-;/m0./s1. The van der Waals surface area contributed by atoms with Crippen LogP contribution < -0.4 is 5.32 Å². The molecule has 0 aromatic heterocycles. The first-order chi connectivity index (χ1) is 9.38. The van der Waals surface area contributed by atoms with Gasteiger partial charge in [-0.1, -0.05) is 12.5 Å². The van der Waals surface area contributed by atoms with Gasteiger partial charge in [0, 0.05) is 6.42 Å². The molecule has 21 heavy (non-hydrogen) atoms. The number of hydrogen-bond donors (Lipinski definition) is 1. The monoisotopic (exact) mass is 325 g/mol. The van der Waals surface area contributed by atoms with Crippen molar-refractivity contribution in [3.63, 3.8) is 0 Å². The number of piperidine rings is 1. The second-order valence-electron chi connectivity index (χ2n) is 4.96. The van der Waals surface area contributed by atoms with Crippen LogP contribution in [0.15, 0.2) is 18.2 Å². The molecule has 0 spiro atoms. The molecule has 1 heterocycles. The summed E-state index contributed by atoms with van der Waals surface area (Å²) in [5.74, 6) is -1.44. The summed E-state index contributed by atoms with van der Waals surface area (Å²) in [4.78, 5) is 12.0. The van der Waals surface area contributed by atoms with Crippen molar-refractivity contribution in [2.24, 2.45) is 0 Å². The van der Waals surface area contributed by atoms with Crippen molar-refractivity contribution in [1.82, 2.24) is 5.32 Å². The number of Topliss-reactive ketones (excluding diaryl/α,β-unsaturated/α-hetero) is 1. The molecule has 2 nitrogen and oxygen atoms in total. The Labute approximate surface area is 126 Å². The second kappa shape index (κ2) is 7.22. The van der Waals surface area contributed by atoms with Crippen molar-refractivity contribution in [2.75, 3.05) is 6.54 Å². The molecule has 0 aliphatic carbocycles. The van der Waals surface area contributed by atoms with E-state index in [1.54, 1.807) is 0 Å². The molecular formula is C14H16ClF4NO. The van der Waals surface area contributed by atoms with Crippen molar-refractivity contribution in [2.45, 2.75) is 37.9 Å². The fourth-order valence-electron chi connectivity index (χ4n) is 2.35. The topological polar surface area (TPSA) is 29.1 Å². The molecule has 1 aliphatic rings. The third-order valence-electron chi connectivity index (χ3n) is 3.42. The van der Waals surface area contributed by atoms with Crippen LogP contribution in [0.5, 0.6) is 0 Å². The van der Waals surface area contributed by atoms with Gasteiger partial charge in [-0.3, -0.25) is 4.79 Å². The Morgan fingerprint density at radius 1 is 1.29 bits per heavy atom. The fraction of sp³-hybridized carbons (Fsp3) is 0.500. The van der Waals surface area contributed by atoms with Crippen LogP contribution in [0.25, 0.3) is 0 Å². The Balaban J connectivity index is 0.00000220. The van der Waals surface area contributed by atoms with Gasteiger partial charge < -0.3 is 5.32 Å². The van der Waals surface area contributed by atoms with Crippen LogP contribution in [-0.4, -0.2) is 18.4 Å². The van der Waals surface area contributed by atoms with E-state index < -0.39 is 17.6 Å². The van der Waals surface area contributed by atoms with E-state index in [0.29, 0.717) is 6.07 Å². The summed E-state index contributed by atoms with van der Waals surface area (Å²) in [6.07, 6.45) is -2.07. The van der Waals surface area contributed by atoms with E-state index in [0.717, 1.165) is 37.9 Å². The SMILES string of the molecule is Cl.O=C(Cc1ccc(C(F)(F)F)c(F)c1)[C@@H]1CCCCN1. The largest absolute Gasteiger partial charge is 0.419 e. The molecule has 0 bridgehead atoms. The van der Waals surface area contributed by atoms with Crippen molar-refractivity contribution in [3.05, 3.63) is 35.1 Å². The van der Waals surface area contributed by atoms with Crippen LogP contribution in [-0.2, 0) is 17.4 Å². The number of alkyl halides is 3. The Kier molecular flexibility index (Phi) is 6.16. The average Bonchev–Trinajstić information content (AvgIpc) is 2.38. The second-order valence-corrected chi connectivity index (χ2v) is 4.96. The zero-order valence-corrected chi connectivity index (χ0v) is 12.0. The summed E-state index contributed by atoms with van der Waals surface area (Å²) in [6, 6.07) is 2.37. The maximum atomic E-state index is 13.4. The highest BCUT2D eigenvalue weighted by Gasteiger charge is 2.34. The predicted molar refractivity (Wildman–Crippen MR) is 73.0 cm³/mol. The minimum atomic E-state index is -4.71. The van der Waals surface area contributed by atoms with Crippen LogP contribution in [0.1, 0.15) is 30.4 Å². The number of halogens is 5. The van der Waals surface area contributed by atoms with Crippen molar-refractivity contribution in [3.8, 4) is 0 Å². The van der Waals surface area contributed by atoms with E-state index in [2.05, 4.69) is 5.32 Å². The first-order valence-corrected chi connectivity index (χ1v) is 6.49. The zero-order valence-electron chi connectivity index (χ0n) is 11.2. The Morgan fingerprint density at radius 3 is 2.52 bits per heavy atom. The molecule has 1 N–H and O–H groups in total. The summed E-state index contributed by atoms with van der Waals surface area (Å²) in [7, 11) is 0. The number of hydrogen-bond acceptors (Lipinski definition) is 2. The molecular weight excluding hydrogens is 310 g/mol. The Hall–Kier alpha value is -1.14. The van der Waals surface area contributed by atoms with Gasteiger partial charge in [0.25, 0.3) is 0 Å². The first-order valence-electron chi connectivity index (χ1n) is 6.49. The highest BCUT2D eigenvalue weighted by molar-refractivity contribution is 5.86. The van der Waals surface area contributed by atoms with Crippen LogP contribution in [0.2, 0.25) is 0 Å². The molecule has 0 amide bonds. The summed E-state index contributed by atoms with van der Waals surface area (Å²) in [5.41, 5.74) is -1.03. The molecule has 1 aliphatic heterocycles. The van der Waals surface area contributed by atoms with Crippen LogP contribution in [0.3, 0.4) is 0 Å². The van der Waals surface area contributed by atoms with Crippen molar-refractivity contribution >= 4 is 18.2 Å². The van der Waals surface area contributed by atoms with Gasteiger partial charge in [0.2, 0.25) is 0 Å².